The second-order valence-corrected chi connectivity index (χ2v) is 7.11. The molecule has 2 amide bonds. The topological polar surface area (TPSA) is 75.7 Å². The normalized spacial score (nSPS) is 10.3. The molecule has 7 heteroatoms. The van der Waals surface area contributed by atoms with E-state index in [9.17, 15) is 14.4 Å². The number of anilines is 1. The smallest absolute Gasteiger partial charge is 0.348 e. The van der Waals surface area contributed by atoms with Gasteiger partial charge >= 0.3 is 5.97 Å². The summed E-state index contributed by atoms with van der Waals surface area (Å²) in [6, 6.07) is 8.30. The van der Waals surface area contributed by atoms with E-state index in [0.717, 1.165) is 16.9 Å². The molecule has 1 heterocycles. The molecule has 138 valence electrons. The Morgan fingerprint density at radius 3 is 2.35 bits per heavy atom. The maximum Gasteiger partial charge on any atom is 0.348 e. The summed E-state index contributed by atoms with van der Waals surface area (Å²) in [5, 5.41) is 2.63. The van der Waals surface area contributed by atoms with Crippen molar-refractivity contribution in [1.82, 2.24) is 4.90 Å². The molecule has 2 rings (SSSR count). The Kier molecular flexibility index (Phi) is 6.52. The van der Waals surface area contributed by atoms with Crippen molar-refractivity contribution in [2.24, 2.45) is 0 Å². The van der Waals surface area contributed by atoms with Crippen LogP contribution >= 0.6 is 11.3 Å². The molecule has 6 nitrogen and oxygen atoms in total. The van der Waals surface area contributed by atoms with Crippen LogP contribution in [0.25, 0.3) is 0 Å². The Labute approximate surface area is 156 Å². The van der Waals surface area contributed by atoms with Gasteiger partial charge in [0.15, 0.2) is 6.61 Å². The quantitative estimate of drug-likeness (QED) is 0.788. The van der Waals surface area contributed by atoms with Crippen LogP contribution in [-0.2, 0) is 16.0 Å². The van der Waals surface area contributed by atoms with Crippen LogP contribution in [0.5, 0.6) is 0 Å². The highest BCUT2D eigenvalue weighted by atomic mass is 32.1. The van der Waals surface area contributed by atoms with Crippen molar-refractivity contribution in [3.8, 4) is 0 Å². The number of esters is 1. The van der Waals surface area contributed by atoms with Crippen molar-refractivity contribution in [3.05, 3.63) is 51.2 Å². The van der Waals surface area contributed by atoms with Crippen LogP contribution in [0.1, 0.15) is 37.4 Å². The number of nitrogens with one attached hydrogen (secondary N) is 1. The predicted octanol–water partition coefficient (Wildman–Crippen LogP) is 3.12. The van der Waals surface area contributed by atoms with E-state index in [2.05, 4.69) is 5.32 Å². The number of aryl methyl sites for hydroxylation is 2. The first-order chi connectivity index (χ1) is 12.3. The molecule has 0 aliphatic carbocycles. The van der Waals surface area contributed by atoms with Crippen molar-refractivity contribution in [2.75, 3.05) is 26.0 Å². The number of carbonyl (C=O) groups excluding carboxylic acids is 3. The molecule has 0 saturated carbocycles. The average molecular weight is 374 g/mol. The molecule has 0 unspecified atom stereocenters. The van der Waals surface area contributed by atoms with Crippen LogP contribution in [0, 0.1) is 6.92 Å². The standard InChI is InChI=1S/C19H22N2O4S/c1-5-15-12(2)10-16(26-15)19(24)25-11-17(22)20-14-8-6-13(7-9-14)18(23)21(3)4/h6-10H,5,11H2,1-4H3,(H,20,22). The number of amides is 2. The summed E-state index contributed by atoms with van der Waals surface area (Å²) >= 11 is 1.39. The molecule has 2 aromatic rings. The molecule has 0 saturated heterocycles. The fourth-order valence-electron chi connectivity index (χ4n) is 2.33. The van der Waals surface area contributed by atoms with Crippen molar-refractivity contribution in [2.45, 2.75) is 20.3 Å². The summed E-state index contributed by atoms with van der Waals surface area (Å²) in [5.41, 5.74) is 2.11. The lowest BCUT2D eigenvalue weighted by Gasteiger charge is -2.11. The van der Waals surface area contributed by atoms with Gasteiger partial charge in [0, 0.05) is 30.2 Å². The van der Waals surface area contributed by atoms with Gasteiger partial charge in [-0.05, 0) is 49.2 Å². The third-order valence-corrected chi connectivity index (χ3v) is 5.06. The molecule has 0 atom stereocenters. The molecule has 0 bridgehead atoms. The van der Waals surface area contributed by atoms with E-state index in [4.69, 9.17) is 4.74 Å². The van der Waals surface area contributed by atoms with Gasteiger partial charge in [-0.3, -0.25) is 9.59 Å². The summed E-state index contributed by atoms with van der Waals surface area (Å²) in [6.07, 6.45) is 0.858. The van der Waals surface area contributed by atoms with Crippen LogP contribution in [0.15, 0.2) is 30.3 Å². The van der Waals surface area contributed by atoms with Gasteiger partial charge in [0.25, 0.3) is 11.8 Å². The summed E-state index contributed by atoms with van der Waals surface area (Å²) < 4.78 is 5.07. The van der Waals surface area contributed by atoms with Crippen LogP contribution in [-0.4, -0.2) is 43.4 Å². The summed E-state index contributed by atoms with van der Waals surface area (Å²) in [4.78, 5) is 38.9. The van der Waals surface area contributed by atoms with E-state index < -0.39 is 11.9 Å². The van der Waals surface area contributed by atoms with E-state index in [0.29, 0.717) is 16.1 Å². The number of nitrogens with zero attached hydrogens (tertiary/aromatic N) is 1. The minimum Gasteiger partial charge on any atom is -0.451 e. The number of carbonyl (C=O) groups is 3. The van der Waals surface area contributed by atoms with Gasteiger partial charge < -0.3 is 15.0 Å². The van der Waals surface area contributed by atoms with E-state index in [1.807, 2.05) is 13.8 Å². The van der Waals surface area contributed by atoms with Crippen LogP contribution < -0.4 is 5.32 Å². The second-order valence-electron chi connectivity index (χ2n) is 5.97. The lowest BCUT2D eigenvalue weighted by Crippen LogP contribution is -2.22. The third-order valence-electron chi connectivity index (χ3n) is 3.70. The van der Waals surface area contributed by atoms with Crippen molar-refractivity contribution >= 4 is 34.8 Å². The number of hydrogen-bond donors (Lipinski definition) is 1. The Morgan fingerprint density at radius 1 is 1.15 bits per heavy atom. The Hall–Kier alpha value is -2.67. The highest BCUT2D eigenvalue weighted by Crippen LogP contribution is 2.23. The largest absolute Gasteiger partial charge is 0.451 e. The molecule has 1 N–H and O–H groups in total. The SMILES string of the molecule is CCc1sc(C(=O)OCC(=O)Nc2ccc(C(=O)N(C)C)cc2)cc1C. The fraction of sp³-hybridized carbons (Fsp3) is 0.316. The van der Waals surface area contributed by atoms with Crippen molar-refractivity contribution in [3.63, 3.8) is 0 Å². The number of ether oxygens (including phenoxy) is 1. The molecule has 0 radical (unpaired) electrons. The van der Waals surface area contributed by atoms with E-state index in [1.165, 1.54) is 16.2 Å². The summed E-state index contributed by atoms with van der Waals surface area (Å²) in [6.45, 7) is 3.61. The van der Waals surface area contributed by atoms with E-state index >= 15 is 0 Å². The molecular formula is C19H22N2O4S. The Morgan fingerprint density at radius 2 is 1.81 bits per heavy atom. The molecule has 1 aromatic heterocycles. The maximum atomic E-state index is 12.0. The van der Waals surface area contributed by atoms with Gasteiger partial charge in [-0.15, -0.1) is 11.3 Å². The lowest BCUT2D eigenvalue weighted by molar-refractivity contribution is -0.119. The number of benzene rings is 1. The molecule has 1 aromatic carbocycles. The van der Waals surface area contributed by atoms with E-state index in [1.54, 1.807) is 44.4 Å². The van der Waals surface area contributed by atoms with Crippen molar-refractivity contribution < 1.29 is 19.1 Å². The fourth-order valence-corrected chi connectivity index (χ4v) is 3.33. The lowest BCUT2D eigenvalue weighted by atomic mass is 10.2. The van der Waals surface area contributed by atoms with Gasteiger partial charge in [-0.1, -0.05) is 6.92 Å². The highest BCUT2D eigenvalue weighted by molar-refractivity contribution is 7.14. The Balaban J connectivity index is 1.88. The maximum absolute atomic E-state index is 12.0. The van der Waals surface area contributed by atoms with Gasteiger partial charge in [-0.25, -0.2) is 4.79 Å². The minimum atomic E-state index is -0.500. The molecule has 26 heavy (non-hydrogen) atoms. The first-order valence-corrected chi connectivity index (χ1v) is 9.01. The van der Waals surface area contributed by atoms with Crippen LogP contribution in [0.2, 0.25) is 0 Å². The Bertz CT molecular complexity index is 809. The molecular weight excluding hydrogens is 352 g/mol. The van der Waals surface area contributed by atoms with Gasteiger partial charge in [0.2, 0.25) is 0 Å². The van der Waals surface area contributed by atoms with E-state index in [-0.39, 0.29) is 12.5 Å². The number of hydrogen-bond acceptors (Lipinski definition) is 5. The van der Waals surface area contributed by atoms with Gasteiger partial charge in [0.05, 0.1) is 0 Å². The molecule has 0 aliphatic heterocycles. The predicted molar refractivity (Wildman–Crippen MR) is 102 cm³/mol. The van der Waals surface area contributed by atoms with Crippen LogP contribution in [0.3, 0.4) is 0 Å². The second kappa shape index (κ2) is 8.62. The zero-order valence-electron chi connectivity index (χ0n) is 15.3. The highest BCUT2D eigenvalue weighted by Gasteiger charge is 2.15. The first-order valence-electron chi connectivity index (χ1n) is 8.19. The zero-order chi connectivity index (χ0) is 19.3. The monoisotopic (exact) mass is 374 g/mol. The summed E-state index contributed by atoms with van der Waals surface area (Å²) in [5.74, 6) is -1.05. The number of rotatable bonds is 6. The van der Waals surface area contributed by atoms with Gasteiger partial charge in [0.1, 0.15) is 4.88 Å². The molecule has 0 fully saturated rings. The summed E-state index contributed by atoms with van der Waals surface area (Å²) in [7, 11) is 3.34. The zero-order valence-corrected chi connectivity index (χ0v) is 16.1. The third kappa shape index (κ3) is 4.92. The van der Waals surface area contributed by atoms with Gasteiger partial charge in [-0.2, -0.15) is 0 Å². The average Bonchev–Trinajstić information content (AvgIpc) is 3.00. The number of thiophene rings is 1. The molecule has 0 aliphatic rings. The molecule has 0 spiro atoms. The van der Waals surface area contributed by atoms with Crippen LogP contribution in [0.4, 0.5) is 5.69 Å². The first kappa shape index (κ1) is 19.7. The minimum absolute atomic E-state index is 0.116. The van der Waals surface area contributed by atoms with Crippen molar-refractivity contribution in [1.29, 1.82) is 0 Å².